The van der Waals surface area contributed by atoms with Crippen LogP contribution in [0.1, 0.15) is 38.1 Å². The van der Waals surface area contributed by atoms with E-state index in [4.69, 9.17) is 4.74 Å². The minimum Gasteiger partial charge on any atom is -0.463 e. The lowest BCUT2D eigenvalue weighted by molar-refractivity contribution is -0.147. The smallest absolute Gasteiger partial charge is 0.306 e. The number of aromatic nitrogens is 2. The molecule has 1 aromatic carbocycles. The van der Waals surface area contributed by atoms with Crippen molar-refractivity contribution in [3.05, 3.63) is 29.6 Å². The first-order valence-corrected chi connectivity index (χ1v) is 6.69. The molecule has 4 heteroatoms. The van der Waals surface area contributed by atoms with Crippen LogP contribution in [-0.4, -0.2) is 22.0 Å². The second-order valence-electron chi connectivity index (χ2n) is 5.10. The number of benzene rings is 1. The van der Waals surface area contributed by atoms with Gasteiger partial charge in [0, 0.05) is 12.8 Å². The first-order valence-electron chi connectivity index (χ1n) is 6.69. The Hall–Kier alpha value is -1.84. The maximum absolute atomic E-state index is 11.4. The van der Waals surface area contributed by atoms with Gasteiger partial charge in [0.1, 0.15) is 5.82 Å². The third-order valence-electron chi connectivity index (χ3n) is 2.85. The van der Waals surface area contributed by atoms with Crippen molar-refractivity contribution in [2.45, 2.75) is 46.1 Å². The van der Waals surface area contributed by atoms with E-state index in [1.165, 1.54) is 5.56 Å². The molecular weight excluding hydrogens is 240 g/mol. The van der Waals surface area contributed by atoms with Gasteiger partial charge in [0.2, 0.25) is 0 Å². The van der Waals surface area contributed by atoms with E-state index in [9.17, 15) is 4.79 Å². The number of hydrogen-bond acceptors (Lipinski definition) is 3. The lowest BCUT2D eigenvalue weighted by Crippen LogP contribution is -2.11. The highest BCUT2D eigenvalue weighted by Crippen LogP contribution is 2.14. The summed E-state index contributed by atoms with van der Waals surface area (Å²) in [5.74, 6) is 0.792. The number of H-pyrrole nitrogens is 1. The van der Waals surface area contributed by atoms with Crippen molar-refractivity contribution in [1.82, 2.24) is 9.97 Å². The predicted molar refractivity (Wildman–Crippen MR) is 75.0 cm³/mol. The fraction of sp³-hybridized carbons (Fsp3) is 0.467. The largest absolute Gasteiger partial charge is 0.463 e. The molecule has 1 N–H and O–H groups in total. The number of hydrogen-bond donors (Lipinski definition) is 1. The summed E-state index contributed by atoms with van der Waals surface area (Å²) in [5.41, 5.74) is 3.24. The number of rotatable bonds is 5. The molecule has 0 atom stereocenters. The van der Waals surface area contributed by atoms with Crippen molar-refractivity contribution in [1.29, 1.82) is 0 Å². The van der Waals surface area contributed by atoms with Gasteiger partial charge >= 0.3 is 5.97 Å². The average molecular weight is 260 g/mol. The highest BCUT2D eigenvalue weighted by molar-refractivity contribution is 5.75. The SMILES string of the molecule is Cc1ccc2nc(CCCC(=O)OC(C)C)[nH]c2c1. The maximum Gasteiger partial charge on any atom is 0.306 e. The Balaban J connectivity index is 1.89. The number of nitrogens with zero attached hydrogens (tertiary/aromatic N) is 1. The fourth-order valence-electron chi connectivity index (χ4n) is 2.02. The molecule has 0 spiro atoms. The Kier molecular flexibility index (Phi) is 4.20. The quantitative estimate of drug-likeness (QED) is 0.840. The van der Waals surface area contributed by atoms with E-state index >= 15 is 0 Å². The molecule has 0 amide bonds. The van der Waals surface area contributed by atoms with Gasteiger partial charge in [0.25, 0.3) is 0 Å². The standard InChI is InChI=1S/C15H20N2O2/c1-10(2)19-15(18)6-4-5-14-16-12-8-7-11(3)9-13(12)17-14/h7-10H,4-6H2,1-3H3,(H,16,17). The minimum absolute atomic E-state index is 0.0401. The summed E-state index contributed by atoms with van der Waals surface area (Å²) in [5, 5.41) is 0. The van der Waals surface area contributed by atoms with Crippen molar-refractivity contribution in [2.24, 2.45) is 0 Å². The summed E-state index contributed by atoms with van der Waals surface area (Å²) in [6, 6.07) is 6.14. The van der Waals surface area contributed by atoms with Gasteiger partial charge in [-0.2, -0.15) is 0 Å². The number of ether oxygens (including phenoxy) is 1. The number of aromatic amines is 1. The molecular formula is C15H20N2O2. The molecule has 0 bridgehead atoms. The number of fused-ring (bicyclic) bond motifs is 1. The van der Waals surface area contributed by atoms with E-state index in [2.05, 4.69) is 23.0 Å². The second-order valence-corrected chi connectivity index (χ2v) is 5.10. The lowest BCUT2D eigenvalue weighted by Gasteiger charge is -2.06. The zero-order valence-electron chi connectivity index (χ0n) is 11.7. The molecule has 0 saturated carbocycles. The van der Waals surface area contributed by atoms with Gasteiger partial charge in [-0.15, -0.1) is 0 Å². The van der Waals surface area contributed by atoms with Gasteiger partial charge in [-0.1, -0.05) is 6.07 Å². The zero-order valence-corrected chi connectivity index (χ0v) is 11.7. The Morgan fingerprint density at radius 2 is 2.21 bits per heavy atom. The third-order valence-corrected chi connectivity index (χ3v) is 2.85. The fourth-order valence-corrected chi connectivity index (χ4v) is 2.02. The maximum atomic E-state index is 11.4. The Bertz CT molecular complexity index is 573. The number of nitrogens with one attached hydrogen (secondary N) is 1. The lowest BCUT2D eigenvalue weighted by atomic mass is 10.2. The Labute approximate surface area is 113 Å². The average Bonchev–Trinajstić information content (AvgIpc) is 2.69. The molecule has 0 aliphatic carbocycles. The molecule has 0 fully saturated rings. The van der Waals surface area contributed by atoms with E-state index in [-0.39, 0.29) is 12.1 Å². The second kappa shape index (κ2) is 5.87. The summed E-state index contributed by atoms with van der Waals surface area (Å²) in [7, 11) is 0. The molecule has 1 heterocycles. The van der Waals surface area contributed by atoms with E-state index in [0.717, 1.165) is 29.7 Å². The molecule has 0 radical (unpaired) electrons. The van der Waals surface area contributed by atoms with Crippen LogP contribution in [-0.2, 0) is 16.0 Å². The first-order chi connectivity index (χ1) is 9.04. The summed E-state index contributed by atoms with van der Waals surface area (Å²) in [4.78, 5) is 19.2. The topological polar surface area (TPSA) is 55.0 Å². The molecule has 2 aromatic rings. The summed E-state index contributed by atoms with van der Waals surface area (Å²) in [6.45, 7) is 5.78. The molecule has 2 rings (SSSR count). The van der Waals surface area contributed by atoms with Gasteiger partial charge in [-0.25, -0.2) is 4.98 Å². The molecule has 102 valence electrons. The number of imidazole rings is 1. The molecule has 0 aliphatic heterocycles. The van der Waals surface area contributed by atoms with Crippen LogP contribution < -0.4 is 0 Å². The molecule has 1 aromatic heterocycles. The molecule has 0 unspecified atom stereocenters. The zero-order chi connectivity index (χ0) is 13.8. The number of aryl methyl sites for hydroxylation is 2. The van der Waals surface area contributed by atoms with Crippen LogP contribution in [0.25, 0.3) is 11.0 Å². The molecule has 19 heavy (non-hydrogen) atoms. The number of carbonyl (C=O) groups excluding carboxylic acids is 1. The van der Waals surface area contributed by atoms with E-state index in [0.29, 0.717) is 6.42 Å². The van der Waals surface area contributed by atoms with Crippen LogP contribution >= 0.6 is 0 Å². The van der Waals surface area contributed by atoms with Crippen molar-refractivity contribution >= 4 is 17.0 Å². The van der Waals surface area contributed by atoms with E-state index in [1.807, 2.05) is 26.0 Å². The van der Waals surface area contributed by atoms with Crippen LogP contribution in [0.4, 0.5) is 0 Å². The van der Waals surface area contributed by atoms with Crippen molar-refractivity contribution < 1.29 is 9.53 Å². The predicted octanol–water partition coefficient (Wildman–Crippen LogP) is 3.15. The molecule has 0 saturated heterocycles. The molecule has 0 aliphatic rings. The van der Waals surface area contributed by atoms with E-state index in [1.54, 1.807) is 0 Å². The van der Waals surface area contributed by atoms with Gasteiger partial charge in [-0.05, 0) is 44.9 Å². The normalized spacial score (nSPS) is 11.2. The van der Waals surface area contributed by atoms with Gasteiger partial charge in [0.15, 0.2) is 0 Å². The van der Waals surface area contributed by atoms with E-state index < -0.39 is 0 Å². The van der Waals surface area contributed by atoms with Crippen LogP contribution in [0.15, 0.2) is 18.2 Å². The van der Waals surface area contributed by atoms with Crippen LogP contribution in [0.2, 0.25) is 0 Å². The summed E-state index contributed by atoms with van der Waals surface area (Å²) >= 11 is 0. The Morgan fingerprint density at radius 1 is 1.42 bits per heavy atom. The van der Waals surface area contributed by atoms with Crippen LogP contribution in [0, 0.1) is 6.92 Å². The number of carbonyl (C=O) groups is 1. The van der Waals surface area contributed by atoms with Crippen LogP contribution in [0.5, 0.6) is 0 Å². The number of esters is 1. The van der Waals surface area contributed by atoms with Gasteiger partial charge < -0.3 is 9.72 Å². The monoisotopic (exact) mass is 260 g/mol. The first kappa shape index (κ1) is 13.6. The highest BCUT2D eigenvalue weighted by atomic mass is 16.5. The highest BCUT2D eigenvalue weighted by Gasteiger charge is 2.07. The summed E-state index contributed by atoms with van der Waals surface area (Å²) < 4.78 is 5.09. The van der Waals surface area contributed by atoms with Crippen LogP contribution in [0.3, 0.4) is 0 Å². The third kappa shape index (κ3) is 3.81. The van der Waals surface area contributed by atoms with Crippen molar-refractivity contribution in [3.8, 4) is 0 Å². The van der Waals surface area contributed by atoms with Gasteiger partial charge in [-0.3, -0.25) is 4.79 Å². The van der Waals surface area contributed by atoms with Crippen molar-refractivity contribution in [3.63, 3.8) is 0 Å². The van der Waals surface area contributed by atoms with Crippen molar-refractivity contribution in [2.75, 3.05) is 0 Å². The molecule has 4 nitrogen and oxygen atoms in total. The Morgan fingerprint density at radius 3 is 2.95 bits per heavy atom. The van der Waals surface area contributed by atoms with Gasteiger partial charge in [0.05, 0.1) is 17.1 Å². The minimum atomic E-state index is -0.137. The summed E-state index contributed by atoms with van der Waals surface area (Å²) in [6.07, 6.45) is 1.92.